The molecule has 17 nitrogen and oxygen atoms in total. The monoisotopic (exact) mass is 1400 g/mol. The molecule has 0 aromatic rings. The van der Waals surface area contributed by atoms with E-state index in [0.717, 1.165) is 95.8 Å². The van der Waals surface area contributed by atoms with Crippen LogP contribution in [0.5, 0.6) is 0 Å². The Morgan fingerprint density at radius 2 is 0.484 bits per heavy atom. The van der Waals surface area contributed by atoms with Gasteiger partial charge in [-0.2, -0.15) is 0 Å². The Bertz CT molecular complexity index is 1820. The molecule has 0 fully saturated rings. The summed E-state index contributed by atoms with van der Waals surface area (Å²) in [6.45, 7) is 7.30. The van der Waals surface area contributed by atoms with Gasteiger partial charge in [0.1, 0.15) is 19.3 Å². The van der Waals surface area contributed by atoms with Gasteiger partial charge in [0, 0.05) is 25.7 Å². The molecule has 0 saturated heterocycles. The molecule has 0 radical (unpaired) electrons. The van der Waals surface area contributed by atoms with E-state index >= 15 is 0 Å². The summed E-state index contributed by atoms with van der Waals surface area (Å²) in [4.78, 5) is 72.9. The van der Waals surface area contributed by atoms with Crippen LogP contribution in [0.2, 0.25) is 0 Å². The molecule has 0 aromatic carbocycles. The van der Waals surface area contributed by atoms with Crippen molar-refractivity contribution >= 4 is 39.5 Å². The summed E-state index contributed by atoms with van der Waals surface area (Å²) in [5.41, 5.74) is 0. The number of rotatable bonds is 76. The van der Waals surface area contributed by atoms with Crippen LogP contribution in [0.25, 0.3) is 0 Å². The van der Waals surface area contributed by atoms with Crippen molar-refractivity contribution in [2.75, 3.05) is 39.6 Å². The lowest BCUT2D eigenvalue weighted by Gasteiger charge is -2.21. The van der Waals surface area contributed by atoms with E-state index in [1.807, 2.05) is 0 Å². The number of phosphoric ester groups is 2. The predicted molar refractivity (Wildman–Crippen MR) is 386 cm³/mol. The highest BCUT2D eigenvalue weighted by molar-refractivity contribution is 7.47. The zero-order chi connectivity index (χ0) is 69.8. The zero-order valence-electron chi connectivity index (χ0n) is 61.8. The van der Waals surface area contributed by atoms with Gasteiger partial charge in [0.25, 0.3) is 0 Å². The molecule has 2 unspecified atom stereocenters. The molecule has 19 heteroatoms. The molecule has 5 atom stereocenters. The van der Waals surface area contributed by atoms with Crippen molar-refractivity contribution in [1.82, 2.24) is 0 Å². The fraction of sp³-hybridized carbons (Fsp3) is 0.947. The molecular weight excluding hydrogens is 1250 g/mol. The standard InChI is InChI=1S/C76H148O17P2/c1-6-9-12-15-18-21-24-27-30-33-39-44-49-54-59-73(78)86-65-71(92-75(80)61-56-51-46-41-34-31-28-25-22-19-16-13-10-7-2)67-90-94(82,83)88-63-70(77)64-89-95(84,85)91-68-72(66-87-74(79)60-55-50-45-40-37-36-38-43-48-53-58-69(4)5)93-76(81)62-57-52-47-42-35-32-29-26-23-20-17-14-11-8-3/h69-72,77H,6-68H2,1-5H3,(H,82,83)(H,84,85)/t70-,71-,72-/m1/s1. The smallest absolute Gasteiger partial charge is 0.462 e. The van der Waals surface area contributed by atoms with Crippen LogP contribution >= 0.6 is 15.6 Å². The minimum absolute atomic E-state index is 0.108. The molecule has 0 bridgehead atoms. The molecule has 0 aliphatic heterocycles. The van der Waals surface area contributed by atoms with Crippen LogP contribution in [0.1, 0.15) is 401 Å². The maximum absolute atomic E-state index is 13.1. The van der Waals surface area contributed by atoms with E-state index in [1.54, 1.807) is 0 Å². The third kappa shape index (κ3) is 70.3. The van der Waals surface area contributed by atoms with E-state index in [2.05, 4.69) is 34.6 Å². The van der Waals surface area contributed by atoms with Gasteiger partial charge < -0.3 is 33.8 Å². The average molecular weight is 1400 g/mol. The van der Waals surface area contributed by atoms with Crippen molar-refractivity contribution in [2.24, 2.45) is 5.92 Å². The van der Waals surface area contributed by atoms with E-state index in [-0.39, 0.29) is 25.7 Å². The van der Waals surface area contributed by atoms with Gasteiger partial charge >= 0.3 is 39.5 Å². The summed E-state index contributed by atoms with van der Waals surface area (Å²) in [6.07, 6.45) is 58.0. The molecule has 0 spiro atoms. The predicted octanol–water partition coefficient (Wildman–Crippen LogP) is 22.5. The average Bonchev–Trinajstić information content (AvgIpc) is 2.02. The number of carbonyl (C=O) groups is 4. The van der Waals surface area contributed by atoms with Gasteiger partial charge in [0.05, 0.1) is 26.4 Å². The Kier molecular flexibility index (Phi) is 67.7. The number of aliphatic hydroxyl groups excluding tert-OH is 1. The van der Waals surface area contributed by atoms with Crippen molar-refractivity contribution in [3.05, 3.63) is 0 Å². The second-order valence-corrected chi connectivity index (χ2v) is 30.8. The lowest BCUT2D eigenvalue weighted by molar-refractivity contribution is -0.161. The largest absolute Gasteiger partial charge is 0.472 e. The summed E-state index contributed by atoms with van der Waals surface area (Å²) in [5, 5.41) is 10.6. The molecule has 0 saturated carbocycles. The number of unbranched alkanes of at least 4 members (excludes halogenated alkanes) is 48. The summed E-state index contributed by atoms with van der Waals surface area (Å²) in [7, 11) is -9.91. The van der Waals surface area contributed by atoms with Gasteiger partial charge in [-0.15, -0.1) is 0 Å². The Labute approximate surface area is 581 Å². The lowest BCUT2D eigenvalue weighted by Crippen LogP contribution is -2.30. The van der Waals surface area contributed by atoms with Crippen LogP contribution in [0.3, 0.4) is 0 Å². The van der Waals surface area contributed by atoms with E-state index < -0.39 is 97.5 Å². The summed E-state index contributed by atoms with van der Waals surface area (Å²) in [5.74, 6) is -1.35. The summed E-state index contributed by atoms with van der Waals surface area (Å²) < 4.78 is 68.6. The SMILES string of the molecule is CCCCCCCCCCCCCCCCC(=O)OC[C@H](COP(=O)(O)OC[C@@H](O)COP(=O)(O)OC[C@@H](COC(=O)CCCCCCCCCCCCC(C)C)OC(=O)CCCCCCCCCCCCCCCC)OC(=O)CCCCCCCCCCCCCCCC. The van der Waals surface area contributed by atoms with E-state index in [0.29, 0.717) is 25.7 Å². The third-order valence-corrected chi connectivity index (χ3v) is 19.7. The summed E-state index contributed by atoms with van der Waals surface area (Å²) >= 11 is 0. The van der Waals surface area contributed by atoms with Crippen LogP contribution in [-0.4, -0.2) is 96.7 Å². The van der Waals surface area contributed by atoms with Crippen LogP contribution in [0, 0.1) is 5.92 Å². The first kappa shape index (κ1) is 93.1. The number of hydrogen-bond donors (Lipinski definition) is 3. The molecule has 564 valence electrons. The maximum Gasteiger partial charge on any atom is 0.472 e. The molecule has 0 amide bonds. The number of hydrogen-bond acceptors (Lipinski definition) is 15. The highest BCUT2D eigenvalue weighted by Gasteiger charge is 2.30. The maximum atomic E-state index is 13.1. The van der Waals surface area contributed by atoms with Gasteiger partial charge in [-0.25, -0.2) is 9.13 Å². The first-order chi connectivity index (χ1) is 46.0. The Morgan fingerprint density at radius 1 is 0.284 bits per heavy atom. The third-order valence-electron chi connectivity index (χ3n) is 17.8. The second-order valence-electron chi connectivity index (χ2n) is 27.9. The normalized spacial score (nSPS) is 13.9. The highest BCUT2D eigenvalue weighted by Crippen LogP contribution is 2.45. The molecule has 0 heterocycles. The molecular formula is C76H148O17P2. The van der Waals surface area contributed by atoms with E-state index in [9.17, 15) is 43.2 Å². The molecule has 95 heavy (non-hydrogen) atoms. The van der Waals surface area contributed by atoms with Gasteiger partial charge in [-0.3, -0.25) is 37.3 Å². The molecule has 0 rings (SSSR count). The zero-order valence-corrected chi connectivity index (χ0v) is 63.6. The van der Waals surface area contributed by atoms with Gasteiger partial charge in [0.15, 0.2) is 12.2 Å². The van der Waals surface area contributed by atoms with Crippen molar-refractivity contribution in [3.63, 3.8) is 0 Å². The van der Waals surface area contributed by atoms with Crippen molar-refractivity contribution in [1.29, 1.82) is 0 Å². The van der Waals surface area contributed by atoms with Crippen LogP contribution < -0.4 is 0 Å². The molecule has 0 aliphatic rings. The van der Waals surface area contributed by atoms with E-state index in [4.69, 9.17) is 37.0 Å². The Hall–Kier alpha value is -1.94. The quantitative estimate of drug-likeness (QED) is 0.0222. The molecule has 0 aliphatic carbocycles. The highest BCUT2D eigenvalue weighted by atomic mass is 31.2. The van der Waals surface area contributed by atoms with Gasteiger partial charge in [0.2, 0.25) is 0 Å². The van der Waals surface area contributed by atoms with Crippen LogP contribution in [0.4, 0.5) is 0 Å². The number of carbonyl (C=O) groups excluding carboxylic acids is 4. The van der Waals surface area contributed by atoms with E-state index in [1.165, 1.54) is 225 Å². The van der Waals surface area contributed by atoms with Crippen LogP contribution in [-0.2, 0) is 65.4 Å². The lowest BCUT2D eigenvalue weighted by atomic mass is 10.0. The van der Waals surface area contributed by atoms with Crippen molar-refractivity contribution < 1.29 is 80.2 Å². The number of esters is 4. The topological polar surface area (TPSA) is 237 Å². The minimum Gasteiger partial charge on any atom is -0.462 e. The molecule has 0 aromatic heterocycles. The Morgan fingerprint density at radius 3 is 0.716 bits per heavy atom. The van der Waals surface area contributed by atoms with Gasteiger partial charge in [-0.05, 0) is 31.6 Å². The van der Waals surface area contributed by atoms with Crippen LogP contribution in [0.15, 0.2) is 0 Å². The number of phosphoric acid groups is 2. The minimum atomic E-state index is -4.96. The summed E-state index contributed by atoms with van der Waals surface area (Å²) in [6, 6.07) is 0. The molecule has 3 N–H and O–H groups in total. The first-order valence-corrected chi connectivity index (χ1v) is 42.6. The fourth-order valence-corrected chi connectivity index (χ4v) is 13.3. The van der Waals surface area contributed by atoms with Crippen molar-refractivity contribution in [3.8, 4) is 0 Å². The number of aliphatic hydroxyl groups is 1. The second kappa shape index (κ2) is 69.2. The first-order valence-electron chi connectivity index (χ1n) is 39.6. The fourth-order valence-electron chi connectivity index (χ4n) is 11.7. The number of ether oxygens (including phenoxy) is 4. The van der Waals surface area contributed by atoms with Crippen molar-refractivity contribution in [2.45, 2.75) is 419 Å². The Balaban J connectivity index is 5.27. The van der Waals surface area contributed by atoms with Gasteiger partial charge in [-0.1, -0.05) is 349 Å².